The van der Waals surface area contributed by atoms with Crippen LogP contribution in [0, 0.1) is 0 Å². The first-order valence-corrected chi connectivity index (χ1v) is 6.92. The SMILES string of the molecule is COc1ccc(N)c(C(=O)Cc2ccc(Br)s2)c1. The third kappa shape index (κ3) is 2.91. The summed E-state index contributed by atoms with van der Waals surface area (Å²) in [7, 11) is 1.57. The van der Waals surface area contributed by atoms with Crippen LogP contribution in [0.15, 0.2) is 34.1 Å². The number of thiophene rings is 1. The van der Waals surface area contributed by atoms with Gasteiger partial charge in [0.25, 0.3) is 0 Å². The number of Topliss-reactive ketones (excluding diaryl/α,β-unsaturated/α-hetero) is 1. The van der Waals surface area contributed by atoms with Gasteiger partial charge in [-0.15, -0.1) is 11.3 Å². The van der Waals surface area contributed by atoms with Crippen molar-refractivity contribution in [1.82, 2.24) is 0 Å². The Bertz CT molecular complexity index is 580. The average Bonchev–Trinajstić information content (AvgIpc) is 2.75. The molecular weight excluding hydrogens is 314 g/mol. The Morgan fingerprint density at radius 2 is 2.17 bits per heavy atom. The van der Waals surface area contributed by atoms with Crippen LogP contribution >= 0.6 is 27.3 Å². The molecule has 2 N–H and O–H groups in total. The first kappa shape index (κ1) is 13.1. The summed E-state index contributed by atoms with van der Waals surface area (Å²) < 4.78 is 6.12. The van der Waals surface area contributed by atoms with E-state index < -0.39 is 0 Å². The molecule has 0 aliphatic heterocycles. The van der Waals surface area contributed by atoms with Gasteiger partial charge in [-0.05, 0) is 46.3 Å². The van der Waals surface area contributed by atoms with Gasteiger partial charge in [-0.1, -0.05) is 0 Å². The summed E-state index contributed by atoms with van der Waals surface area (Å²) in [4.78, 5) is 13.2. The molecule has 0 amide bonds. The molecule has 0 aliphatic carbocycles. The van der Waals surface area contributed by atoms with Crippen molar-refractivity contribution in [3.05, 3.63) is 44.6 Å². The zero-order chi connectivity index (χ0) is 13.1. The number of nitrogens with two attached hydrogens (primary N) is 1. The molecule has 0 saturated carbocycles. The number of halogens is 1. The fraction of sp³-hybridized carbons (Fsp3) is 0.154. The van der Waals surface area contributed by atoms with Crippen molar-refractivity contribution >= 4 is 38.7 Å². The maximum Gasteiger partial charge on any atom is 0.170 e. The zero-order valence-corrected chi connectivity index (χ0v) is 12.2. The summed E-state index contributed by atoms with van der Waals surface area (Å²) in [6.45, 7) is 0. The Morgan fingerprint density at radius 3 is 2.78 bits per heavy atom. The number of carbonyl (C=O) groups excluding carboxylic acids is 1. The minimum atomic E-state index is 0.000694. The third-order valence-corrected chi connectivity index (χ3v) is 4.15. The van der Waals surface area contributed by atoms with E-state index in [1.165, 1.54) is 0 Å². The largest absolute Gasteiger partial charge is 0.497 e. The van der Waals surface area contributed by atoms with E-state index in [-0.39, 0.29) is 5.78 Å². The number of ketones is 1. The average molecular weight is 326 g/mol. The predicted molar refractivity (Wildman–Crippen MR) is 77.5 cm³/mol. The van der Waals surface area contributed by atoms with E-state index >= 15 is 0 Å². The molecule has 1 aromatic heterocycles. The van der Waals surface area contributed by atoms with Gasteiger partial charge >= 0.3 is 0 Å². The van der Waals surface area contributed by atoms with Gasteiger partial charge < -0.3 is 10.5 Å². The van der Waals surface area contributed by atoms with E-state index in [4.69, 9.17) is 10.5 Å². The summed E-state index contributed by atoms with van der Waals surface area (Å²) in [6.07, 6.45) is 0.355. The van der Waals surface area contributed by atoms with Crippen LogP contribution in [0.5, 0.6) is 5.75 Å². The maximum atomic E-state index is 12.2. The van der Waals surface area contributed by atoms with Crippen LogP contribution in [0.1, 0.15) is 15.2 Å². The first-order chi connectivity index (χ1) is 8.60. The molecule has 0 radical (unpaired) electrons. The van der Waals surface area contributed by atoms with Crippen LogP contribution in [-0.2, 0) is 6.42 Å². The topological polar surface area (TPSA) is 52.3 Å². The first-order valence-electron chi connectivity index (χ1n) is 5.31. The van der Waals surface area contributed by atoms with Gasteiger partial charge in [0.15, 0.2) is 5.78 Å². The van der Waals surface area contributed by atoms with Gasteiger partial charge in [0.1, 0.15) is 5.75 Å². The van der Waals surface area contributed by atoms with Crippen molar-refractivity contribution in [3.8, 4) is 5.75 Å². The Morgan fingerprint density at radius 1 is 1.39 bits per heavy atom. The lowest BCUT2D eigenvalue weighted by atomic mass is 10.1. The summed E-state index contributed by atoms with van der Waals surface area (Å²) in [5.74, 6) is 0.640. The second-order valence-corrected chi connectivity index (χ2v) is 6.31. The number of hydrogen-bond donors (Lipinski definition) is 1. The van der Waals surface area contributed by atoms with Crippen LogP contribution in [0.2, 0.25) is 0 Å². The monoisotopic (exact) mass is 325 g/mol. The molecule has 1 aromatic carbocycles. The van der Waals surface area contributed by atoms with E-state index in [0.29, 0.717) is 23.4 Å². The predicted octanol–water partition coefficient (Wildman–Crippen LogP) is 3.53. The minimum Gasteiger partial charge on any atom is -0.497 e. The van der Waals surface area contributed by atoms with Crippen molar-refractivity contribution in [1.29, 1.82) is 0 Å². The quantitative estimate of drug-likeness (QED) is 0.691. The minimum absolute atomic E-state index is 0.000694. The van der Waals surface area contributed by atoms with Crippen molar-refractivity contribution in [2.45, 2.75) is 6.42 Å². The smallest absolute Gasteiger partial charge is 0.170 e. The Balaban J connectivity index is 2.23. The van der Waals surface area contributed by atoms with Gasteiger partial charge in [0, 0.05) is 22.5 Å². The lowest BCUT2D eigenvalue weighted by Crippen LogP contribution is -2.06. The van der Waals surface area contributed by atoms with Crippen LogP contribution in [0.25, 0.3) is 0 Å². The molecule has 0 aliphatic rings. The molecule has 0 fully saturated rings. The fourth-order valence-electron chi connectivity index (χ4n) is 1.60. The molecule has 0 spiro atoms. The van der Waals surface area contributed by atoms with Crippen LogP contribution in [-0.4, -0.2) is 12.9 Å². The summed E-state index contributed by atoms with van der Waals surface area (Å²) in [6, 6.07) is 8.98. The van der Waals surface area contributed by atoms with Crippen molar-refractivity contribution in [2.24, 2.45) is 0 Å². The second kappa shape index (κ2) is 5.54. The number of rotatable bonds is 4. The van der Waals surface area contributed by atoms with E-state index in [1.54, 1.807) is 36.6 Å². The lowest BCUT2D eigenvalue weighted by molar-refractivity contribution is 0.0994. The Labute approximate surface area is 118 Å². The van der Waals surface area contributed by atoms with E-state index in [0.717, 1.165) is 8.66 Å². The van der Waals surface area contributed by atoms with Gasteiger partial charge in [-0.2, -0.15) is 0 Å². The lowest BCUT2D eigenvalue weighted by Gasteiger charge is -2.06. The highest BCUT2D eigenvalue weighted by atomic mass is 79.9. The van der Waals surface area contributed by atoms with Crippen molar-refractivity contribution in [3.63, 3.8) is 0 Å². The third-order valence-electron chi connectivity index (χ3n) is 2.52. The highest BCUT2D eigenvalue weighted by Gasteiger charge is 2.13. The van der Waals surface area contributed by atoms with Gasteiger partial charge in [-0.3, -0.25) is 4.79 Å². The Hall–Kier alpha value is -1.33. The van der Waals surface area contributed by atoms with Gasteiger partial charge in [0.05, 0.1) is 10.9 Å². The molecule has 5 heteroatoms. The van der Waals surface area contributed by atoms with Crippen LogP contribution in [0.4, 0.5) is 5.69 Å². The molecule has 0 saturated heterocycles. The number of hydrogen-bond acceptors (Lipinski definition) is 4. The number of carbonyl (C=O) groups is 1. The number of methoxy groups -OCH3 is 1. The molecule has 2 aromatic rings. The summed E-state index contributed by atoms with van der Waals surface area (Å²) in [5.41, 5.74) is 6.82. The van der Waals surface area contributed by atoms with Crippen molar-refractivity contribution < 1.29 is 9.53 Å². The zero-order valence-electron chi connectivity index (χ0n) is 9.77. The Kier molecular flexibility index (Phi) is 4.04. The van der Waals surface area contributed by atoms with Crippen LogP contribution < -0.4 is 10.5 Å². The number of anilines is 1. The van der Waals surface area contributed by atoms with Gasteiger partial charge in [0.2, 0.25) is 0 Å². The molecule has 0 unspecified atom stereocenters. The molecule has 94 valence electrons. The molecule has 2 rings (SSSR count). The van der Waals surface area contributed by atoms with E-state index in [1.807, 2.05) is 12.1 Å². The van der Waals surface area contributed by atoms with Crippen LogP contribution in [0.3, 0.4) is 0 Å². The second-order valence-electron chi connectivity index (χ2n) is 3.76. The molecule has 18 heavy (non-hydrogen) atoms. The molecular formula is C13H12BrNO2S. The summed E-state index contributed by atoms with van der Waals surface area (Å²) in [5, 5.41) is 0. The van der Waals surface area contributed by atoms with E-state index in [2.05, 4.69) is 15.9 Å². The number of ether oxygens (including phenoxy) is 1. The standard InChI is InChI=1S/C13H12BrNO2S/c1-17-8-2-4-11(15)10(6-8)12(16)7-9-3-5-13(14)18-9/h2-6H,7,15H2,1H3. The van der Waals surface area contributed by atoms with Crippen molar-refractivity contribution in [2.75, 3.05) is 12.8 Å². The fourth-order valence-corrected chi connectivity index (χ4v) is 3.09. The maximum absolute atomic E-state index is 12.2. The number of nitrogen functional groups attached to an aromatic ring is 1. The molecule has 0 atom stereocenters. The van der Waals surface area contributed by atoms with E-state index in [9.17, 15) is 4.79 Å². The number of benzene rings is 1. The van der Waals surface area contributed by atoms with Gasteiger partial charge in [-0.25, -0.2) is 0 Å². The summed E-state index contributed by atoms with van der Waals surface area (Å²) >= 11 is 4.93. The normalized spacial score (nSPS) is 10.3. The molecule has 0 bridgehead atoms. The highest BCUT2D eigenvalue weighted by molar-refractivity contribution is 9.11. The molecule has 1 heterocycles. The molecule has 3 nitrogen and oxygen atoms in total. The highest BCUT2D eigenvalue weighted by Crippen LogP contribution is 2.25.